The van der Waals surface area contributed by atoms with Gasteiger partial charge in [0.15, 0.2) is 6.61 Å². The number of carbonyl (C=O) groups is 4. The van der Waals surface area contributed by atoms with Gasteiger partial charge in [-0.2, -0.15) is 9.31 Å². The molecule has 1 saturated heterocycles. The summed E-state index contributed by atoms with van der Waals surface area (Å²) in [5, 5.41) is 3.29. The van der Waals surface area contributed by atoms with E-state index in [4.69, 9.17) is 4.74 Å². The van der Waals surface area contributed by atoms with Crippen LogP contribution in [-0.4, -0.2) is 66.8 Å². The largest absolute Gasteiger partial charge is 0.452 e. The van der Waals surface area contributed by atoms with Gasteiger partial charge in [-0.15, -0.1) is 0 Å². The van der Waals surface area contributed by atoms with Crippen LogP contribution in [0.1, 0.15) is 56.3 Å². The third-order valence-electron chi connectivity index (χ3n) is 5.87. The van der Waals surface area contributed by atoms with Crippen molar-refractivity contribution in [3.05, 3.63) is 29.8 Å². The number of carbonyl (C=O) groups excluding carboxylic acids is 4. The van der Waals surface area contributed by atoms with E-state index in [0.29, 0.717) is 30.9 Å². The van der Waals surface area contributed by atoms with Gasteiger partial charge in [-0.25, -0.2) is 18.0 Å². The number of nitrogens with one attached hydrogen (secondary N) is 2. The molecule has 1 aromatic rings. The molecule has 180 valence electrons. The third-order valence-corrected chi connectivity index (χ3v) is 7.94. The molecule has 0 bridgehead atoms. The van der Waals surface area contributed by atoms with Gasteiger partial charge in [0.2, 0.25) is 10.0 Å². The summed E-state index contributed by atoms with van der Waals surface area (Å²) in [6.45, 7) is 3.37. The molecule has 2 aliphatic rings. The summed E-state index contributed by atoms with van der Waals surface area (Å²) in [5.74, 6) is -2.21. The number of urea groups is 1. The highest BCUT2D eigenvalue weighted by molar-refractivity contribution is 7.89. The summed E-state index contributed by atoms with van der Waals surface area (Å²) in [5.41, 5.74) is 1.26. The first-order valence-electron chi connectivity index (χ1n) is 10.9. The third kappa shape index (κ3) is 5.01. The Balaban J connectivity index is 1.56. The van der Waals surface area contributed by atoms with Gasteiger partial charge < -0.3 is 10.1 Å². The molecule has 4 amide bonds. The van der Waals surface area contributed by atoms with E-state index in [2.05, 4.69) is 10.7 Å². The van der Waals surface area contributed by atoms with Crippen molar-refractivity contribution in [1.29, 1.82) is 0 Å². The Morgan fingerprint density at radius 3 is 2.27 bits per heavy atom. The normalized spacial score (nSPS) is 17.8. The molecule has 1 spiro atoms. The standard InChI is InChI=1S/C21H28N4O7S/c1-3-24(4-2)33(30,31)16-10-8-15(9-11-16)18(27)32-14-17(26)23-25-19(28)21(22-20(25)29)12-6-5-7-13-21/h8-11H,3-7,12-14H2,1-2H3,(H,22,29)(H,23,26). The number of benzene rings is 1. The molecule has 33 heavy (non-hydrogen) atoms. The quantitative estimate of drug-likeness (QED) is 0.420. The molecule has 2 fully saturated rings. The van der Waals surface area contributed by atoms with Crippen LogP contribution >= 0.6 is 0 Å². The second-order valence-electron chi connectivity index (χ2n) is 7.94. The van der Waals surface area contributed by atoms with Gasteiger partial charge in [-0.1, -0.05) is 33.1 Å². The Labute approximate surface area is 192 Å². The Bertz CT molecular complexity index is 1030. The van der Waals surface area contributed by atoms with Crippen molar-refractivity contribution in [3.63, 3.8) is 0 Å². The van der Waals surface area contributed by atoms with Crippen LogP contribution in [0.3, 0.4) is 0 Å². The monoisotopic (exact) mass is 480 g/mol. The number of hydrogen-bond donors (Lipinski definition) is 2. The number of imide groups is 1. The van der Waals surface area contributed by atoms with Gasteiger partial charge >= 0.3 is 12.0 Å². The fraction of sp³-hybridized carbons (Fsp3) is 0.524. The molecule has 1 aliphatic carbocycles. The summed E-state index contributed by atoms with van der Waals surface area (Å²) >= 11 is 0. The number of amides is 4. The van der Waals surface area contributed by atoms with Gasteiger partial charge in [0.05, 0.1) is 10.5 Å². The van der Waals surface area contributed by atoms with Crippen molar-refractivity contribution in [3.8, 4) is 0 Å². The zero-order valence-corrected chi connectivity index (χ0v) is 19.4. The fourth-order valence-corrected chi connectivity index (χ4v) is 5.52. The maximum atomic E-state index is 12.7. The minimum Gasteiger partial charge on any atom is -0.452 e. The van der Waals surface area contributed by atoms with Crippen molar-refractivity contribution in [2.24, 2.45) is 0 Å². The molecule has 1 saturated carbocycles. The van der Waals surface area contributed by atoms with E-state index in [1.54, 1.807) is 13.8 Å². The molecule has 11 nitrogen and oxygen atoms in total. The first kappa shape index (κ1) is 24.6. The van der Waals surface area contributed by atoms with Gasteiger partial charge in [0, 0.05) is 13.1 Å². The SMILES string of the molecule is CCN(CC)S(=O)(=O)c1ccc(C(=O)OCC(=O)NN2C(=O)NC3(CCCCC3)C2=O)cc1. The number of sulfonamides is 1. The highest BCUT2D eigenvalue weighted by Crippen LogP contribution is 2.32. The molecule has 0 atom stereocenters. The van der Waals surface area contributed by atoms with Crippen LogP contribution in [0.4, 0.5) is 4.79 Å². The van der Waals surface area contributed by atoms with E-state index in [1.165, 1.54) is 28.6 Å². The van der Waals surface area contributed by atoms with E-state index < -0.39 is 46.0 Å². The maximum absolute atomic E-state index is 12.7. The second-order valence-corrected chi connectivity index (χ2v) is 9.88. The predicted molar refractivity (Wildman–Crippen MR) is 116 cm³/mol. The van der Waals surface area contributed by atoms with Crippen molar-refractivity contribution in [1.82, 2.24) is 20.1 Å². The minimum atomic E-state index is -3.66. The lowest BCUT2D eigenvalue weighted by molar-refractivity contribution is -0.140. The molecule has 3 rings (SSSR count). The Morgan fingerprint density at radius 2 is 1.70 bits per heavy atom. The first-order chi connectivity index (χ1) is 15.6. The van der Waals surface area contributed by atoms with Crippen molar-refractivity contribution >= 4 is 33.8 Å². The summed E-state index contributed by atoms with van der Waals surface area (Å²) in [6.07, 6.45) is 3.62. The van der Waals surface area contributed by atoms with Crippen molar-refractivity contribution in [2.75, 3.05) is 19.7 Å². The molecule has 1 heterocycles. The summed E-state index contributed by atoms with van der Waals surface area (Å²) in [7, 11) is -3.66. The highest BCUT2D eigenvalue weighted by atomic mass is 32.2. The Kier molecular flexibility index (Phi) is 7.38. The van der Waals surface area contributed by atoms with E-state index in [0.717, 1.165) is 19.3 Å². The van der Waals surface area contributed by atoms with Crippen molar-refractivity contribution in [2.45, 2.75) is 56.4 Å². The molecule has 1 aromatic carbocycles. The molecular formula is C21H28N4O7S. The average molecular weight is 481 g/mol. The van der Waals surface area contributed by atoms with E-state index in [-0.39, 0.29) is 10.5 Å². The number of nitrogens with zero attached hydrogens (tertiary/aromatic N) is 2. The Morgan fingerprint density at radius 1 is 1.09 bits per heavy atom. The predicted octanol–water partition coefficient (Wildman–Crippen LogP) is 1.16. The zero-order valence-electron chi connectivity index (χ0n) is 18.6. The summed E-state index contributed by atoms with van der Waals surface area (Å²) in [6, 6.07) is 4.45. The molecule has 0 aromatic heterocycles. The number of esters is 1. The molecule has 0 radical (unpaired) electrons. The van der Waals surface area contributed by atoms with Gasteiger partial charge in [0.1, 0.15) is 5.54 Å². The second kappa shape index (κ2) is 9.87. The fourth-order valence-electron chi connectivity index (χ4n) is 4.06. The molecular weight excluding hydrogens is 452 g/mol. The minimum absolute atomic E-state index is 0.0377. The summed E-state index contributed by atoms with van der Waals surface area (Å²) < 4.78 is 31.3. The number of rotatable bonds is 8. The van der Waals surface area contributed by atoms with Crippen LogP contribution in [0.2, 0.25) is 0 Å². The zero-order chi connectivity index (χ0) is 24.2. The van der Waals surface area contributed by atoms with Crippen LogP contribution in [0, 0.1) is 0 Å². The lowest BCUT2D eigenvalue weighted by atomic mass is 9.82. The van der Waals surface area contributed by atoms with Gasteiger partial charge in [-0.05, 0) is 37.1 Å². The van der Waals surface area contributed by atoms with Gasteiger partial charge in [0.25, 0.3) is 11.8 Å². The molecule has 0 unspecified atom stereocenters. The van der Waals surface area contributed by atoms with E-state index in [9.17, 15) is 27.6 Å². The number of ether oxygens (including phenoxy) is 1. The lowest BCUT2D eigenvalue weighted by Crippen LogP contribution is -2.51. The van der Waals surface area contributed by atoms with Crippen LogP contribution in [0.15, 0.2) is 29.2 Å². The Hall–Kier alpha value is -2.99. The molecule has 12 heteroatoms. The first-order valence-corrected chi connectivity index (χ1v) is 12.3. The number of hydrogen-bond acceptors (Lipinski definition) is 7. The lowest BCUT2D eigenvalue weighted by Gasteiger charge is -2.30. The topological polar surface area (TPSA) is 142 Å². The number of hydrazine groups is 1. The van der Waals surface area contributed by atoms with Crippen LogP contribution in [0.5, 0.6) is 0 Å². The van der Waals surface area contributed by atoms with E-state index >= 15 is 0 Å². The van der Waals surface area contributed by atoms with Crippen LogP contribution in [0.25, 0.3) is 0 Å². The highest BCUT2D eigenvalue weighted by Gasteiger charge is 2.52. The van der Waals surface area contributed by atoms with Crippen LogP contribution in [-0.2, 0) is 24.3 Å². The van der Waals surface area contributed by atoms with Gasteiger partial charge in [-0.3, -0.25) is 15.0 Å². The van der Waals surface area contributed by atoms with Crippen molar-refractivity contribution < 1.29 is 32.3 Å². The smallest absolute Gasteiger partial charge is 0.344 e. The van der Waals surface area contributed by atoms with Crippen LogP contribution < -0.4 is 10.7 Å². The molecule has 1 aliphatic heterocycles. The van der Waals surface area contributed by atoms with E-state index in [1.807, 2.05) is 0 Å². The average Bonchev–Trinajstić information content (AvgIpc) is 3.02. The maximum Gasteiger partial charge on any atom is 0.344 e. The summed E-state index contributed by atoms with van der Waals surface area (Å²) in [4.78, 5) is 49.3. The molecule has 2 N–H and O–H groups in total.